The highest BCUT2D eigenvalue weighted by Gasteiger charge is 2.42. The minimum atomic E-state index is -0.166. The van der Waals surface area contributed by atoms with E-state index in [1.54, 1.807) is 12.3 Å². The second-order valence-electron chi connectivity index (χ2n) is 3.47. The van der Waals surface area contributed by atoms with Crippen molar-refractivity contribution in [3.63, 3.8) is 0 Å². The molecule has 6 nitrogen and oxygen atoms in total. The summed E-state index contributed by atoms with van der Waals surface area (Å²) in [5.74, 6) is 6.22. The highest BCUT2D eigenvalue weighted by Crippen LogP contribution is 2.37. The minimum Gasteiger partial charge on any atom is -0.394 e. The lowest BCUT2D eigenvalue weighted by molar-refractivity contribution is 0.266. The van der Waals surface area contributed by atoms with Crippen LogP contribution in [0.1, 0.15) is 12.8 Å². The molecule has 1 heterocycles. The number of rotatable bonds is 4. The lowest BCUT2D eigenvalue weighted by Gasteiger charge is -2.14. The van der Waals surface area contributed by atoms with Crippen LogP contribution in [0.3, 0.4) is 0 Å². The fourth-order valence-electron chi connectivity index (χ4n) is 1.24. The third kappa shape index (κ3) is 1.75. The number of nitrogen functional groups attached to an aromatic ring is 1. The first kappa shape index (κ1) is 9.17. The summed E-state index contributed by atoms with van der Waals surface area (Å²) in [5, 5.41) is 12.3. The van der Waals surface area contributed by atoms with Gasteiger partial charge in [-0.2, -0.15) is 4.98 Å². The quantitative estimate of drug-likeness (QED) is 0.389. The van der Waals surface area contributed by atoms with Gasteiger partial charge in [0.25, 0.3) is 0 Å². The van der Waals surface area contributed by atoms with Crippen LogP contribution in [0.25, 0.3) is 0 Å². The van der Waals surface area contributed by atoms with Crippen LogP contribution in [0.5, 0.6) is 0 Å². The van der Waals surface area contributed by atoms with Crippen molar-refractivity contribution in [1.82, 2.24) is 9.97 Å². The Kier molecular flexibility index (Phi) is 2.22. The lowest BCUT2D eigenvalue weighted by Crippen LogP contribution is -2.26. The molecule has 0 saturated heterocycles. The summed E-state index contributed by atoms with van der Waals surface area (Å²) in [5.41, 5.74) is 2.20. The van der Waals surface area contributed by atoms with Gasteiger partial charge in [-0.3, -0.25) is 5.43 Å². The molecule has 76 valence electrons. The molecule has 6 heteroatoms. The SMILES string of the molecule is NNc1nccc(NC2(CO)CC2)n1. The van der Waals surface area contributed by atoms with Crippen LogP contribution >= 0.6 is 0 Å². The van der Waals surface area contributed by atoms with E-state index in [1.807, 2.05) is 0 Å². The van der Waals surface area contributed by atoms with Crippen molar-refractivity contribution in [2.75, 3.05) is 17.3 Å². The Morgan fingerprint density at radius 1 is 1.57 bits per heavy atom. The van der Waals surface area contributed by atoms with E-state index in [1.165, 1.54) is 0 Å². The van der Waals surface area contributed by atoms with Crippen LogP contribution < -0.4 is 16.6 Å². The molecule has 1 aliphatic rings. The predicted octanol–water partition coefficient (Wildman–Crippen LogP) is -0.301. The number of nitrogens with zero attached hydrogens (tertiary/aromatic N) is 2. The molecule has 2 rings (SSSR count). The number of anilines is 2. The molecule has 0 radical (unpaired) electrons. The molecule has 0 spiro atoms. The van der Waals surface area contributed by atoms with Gasteiger partial charge >= 0.3 is 0 Å². The first-order valence-electron chi connectivity index (χ1n) is 4.47. The molecule has 1 aromatic rings. The van der Waals surface area contributed by atoms with E-state index < -0.39 is 0 Å². The minimum absolute atomic E-state index is 0.127. The average molecular weight is 195 g/mol. The fraction of sp³-hybridized carbons (Fsp3) is 0.500. The van der Waals surface area contributed by atoms with Gasteiger partial charge in [-0.25, -0.2) is 10.8 Å². The van der Waals surface area contributed by atoms with Crippen molar-refractivity contribution in [3.8, 4) is 0 Å². The van der Waals surface area contributed by atoms with Crippen LogP contribution in [-0.4, -0.2) is 27.2 Å². The summed E-state index contributed by atoms with van der Waals surface area (Å²) in [6.45, 7) is 0.127. The van der Waals surface area contributed by atoms with Crippen molar-refractivity contribution in [1.29, 1.82) is 0 Å². The first-order valence-corrected chi connectivity index (χ1v) is 4.47. The Labute approximate surface area is 81.5 Å². The summed E-state index contributed by atoms with van der Waals surface area (Å²) in [4.78, 5) is 7.98. The van der Waals surface area contributed by atoms with E-state index in [4.69, 9.17) is 10.9 Å². The van der Waals surface area contributed by atoms with E-state index >= 15 is 0 Å². The van der Waals surface area contributed by atoms with Gasteiger partial charge in [0.05, 0.1) is 12.1 Å². The zero-order valence-corrected chi connectivity index (χ0v) is 7.70. The zero-order chi connectivity index (χ0) is 10.0. The van der Waals surface area contributed by atoms with Crippen molar-refractivity contribution in [2.24, 2.45) is 5.84 Å². The Morgan fingerprint density at radius 2 is 2.36 bits per heavy atom. The van der Waals surface area contributed by atoms with Gasteiger partial charge in [0.15, 0.2) is 0 Å². The smallest absolute Gasteiger partial charge is 0.239 e. The average Bonchev–Trinajstić information content (AvgIpc) is 2.99. The van der Waals surface area contributed by atoms with Gasteiger partial charge in [-0.1, -0.05) is 0 Å². The Bertz CT molecular complexity index is 325. The molecule has 1 aromatic heterocycles. The zero-order valence-electron chi connectivity index (χ0n) is 7.70. The van der Waals surface area contributed by atoms with Crippen molar-refractivity contribution < 1.29 is 5.11 Å². The van der Waals surface area contributed by atoms with E-state index in [0.29, 0.717) is 11.8 Å². The predicted molar refractivity (Wildman–Crippen MR) is 52.5 cm³/mol. The molecule has 1 fully saturated rings. The summed E-state index contributed by atoms with van der Waals surface area (Å²) in [6.07, 6.45) is 3.55. The van der Waals surface area contributed by atoms with E-state index in [9.17, 15) is 0 Å². The number of aliphatic hydroxyl groups is 1. The van der Waals surface area contributed by atoms with Crippen LogP contribution in [0.15, 0.2) is 12.3 Å². The van der Waals surface area contributed by atoms with Crippen LogP contribution in [-0.2, 0) is 0 Å². The van der Waals surface area contributed by atoms with Crippen molar-refractivity contribution >= 4 is 11.8 Å². The largest absolute Gasteiger partial charge is 0.394 e. The second kappa shape index (κ2) is 3.39. The number of nitrogens with one attached hydrogen (secondary N) is 2. The summed E-state index contributed by atoms with van der Waals surface area (Å²) < 4.78 is 0. The standard InChI is InChI=1S/C8H13N5O/c9-13-7-10-4-1-6(11-7)12-8(5-14)2-3-8/h1,4,14H,2-3,5,9H2,(H2,10,11,12,13). The van der Waals surface area contributed by atoms with Crippen LogP contribution in [0.2, 0.25) is 0 Å². The maximum Gasteiger partial charge on any atom is 0.239 e. The summed E-state index contributed by atoms with van der Waals surface area (Å²) >= 11 is 0. The number of hydrogen-bond acceptors (Lipinski definition) is 6. The monoisotopic (exact) mass is 195 g/mol. The van der Waals surface area contributed by atoms with E-state index in [0.717, 1.165) is 12.8 Å². The van der Waals surface area contributed by atoms with Gasteiger partial charge < -0.3 is 10.4 Å². The van der Waals surface area contributed by atoms with Crippen LogP contribution in [0.4, 0.5) is 11.8 Å². The van der Waals surface area contributed by atoms with Crippen molar-refractivity contribution in [3.05, 3.63) is 12.3 Å². The number of hydrazine groups is 1. The number of aliphatic hydroxyl groups excluding tert-OH is 1. The number of hydrogen-bond donors (Lipinski definition) is 4. The van der Waals surface area contributed by atoms with Crippen LogP contribution in [0, 0.1) is 0 Å². The van der Waals surface area contributed by atoms with Crippen molar-refractivity contribution in [2.45, 2.75) is 18.4 Å². The normalized spacial score (nSPS) is 17.6. The number of nitrogens with two attached hydrogens (primary N) is 1. The Morgan fingerprint density at radius 3 is 2.93 bits per heavy atom. The molecular weight excluding hydrogens is 182 g/mol. The Balaban J connectivity index is 2.09. The molecule has 0 bridgehead atoms. The fourth-order valence-corrected chi connectivity index (χ4v) is 1.24. The van der Waals surface area contributed by atoms with Gasteiger partial charge in [0.2, 0.25) is 5.95 Å². The lowest BCUT2D eigenvalue weighted by atomic mass is 10.3. The summed E-state index contributed by atoms with van der Waals surface area (Å²) in [7, 11) is 0. The molecule has 14 heavy (non-hydrogen) atoms. The van der Waals surface area contributed by atoms with Gasteiger partial charge in [-0.15, -0.1) is 0 Å². The maximum absolute atomic E-state index is 9.10. The first-order chi connectivity index (χ1) is 6.78. The topological polar surface area (TPSA) is 96.1 Å². The highest BCUT2D eigenvalue weighted by molar-refractivity contribution is 5.43. The maximum atomic E-state index is 9.10. The molecule has 5 N–H and O–H groups in total. The number of aromatic nitrogens is 2. The third-order valence-electron chi connectivity index (χ3n) is 2.33. The molecule has 0 aromatic carbocycles. The molecule has 0 amide bonds. The second-order valence-corrected chi connectivity index (χ2v) is 3.47. The molecule has 0 atom stereocenters. The van der Waals surface area contributed by atoms with E-state index in [2.05, 4.69) is 20.7 Å². The molecule has 1 saturated carbocycles. The van der Waals surface area contributed by atoms with Gasteiger partial charge in [0, 0.05) is 6.20 Å². The molecule has 1 aliphatic carbocycles. The molecular formula is C8H13N5O. The van der Waals surface area contributed by atoms with Gasteiger partial charge in [0.1, 0.15) is 5.82 Å². The molecule has 0 unspecified atom stereocenters. The third-order valence-corrected chi connectivity index (χ3v) is 2.33. The van der Waals surface area contributed by atoms with E-state index in [-0.39, 0.29) is 12.1 Å². The highest BCUT2D eigenvalue weighted by atomic mass is 16.3. The van der Waals surface area contributed by atoms with Gasteiger partial charge in [-0.05, 0) is 18.9 Å². The molecule has 0 aliphatic heterocycles. The Hall–Kier alpha value is -1.40. The summed E-state index contributed by atoms with van der Waals surface area (Å²) in [6, 6.07) is 1.75.